The molecule has 3 aromatic rings. The van der Waals surface area contributed by atoms with E-state index in [1.807, 2.05) is 0 Å². The number of hydrogen-bond acceptors (Lipinski definition) is 9. The molecule has 178 valence electrons. The summed E-state index contributed by atoms with van der Waals surface area (Å²) in [7, 11) is 1.20. The normalized spacial score (nSPS) is 14.2. The third-order valence-electron chi connectivity index (χ3n) is 4.74. The first-order valence-electron chi connectivity index (χ1n) is 9.84. The van der Waals surface area contributed by atoms with Gasteiger partial charge in [-0.2, -0.15) is 0 Å². The van der Waals surface area contributed by atoms with Crippen molar-refractivity contribution in [2.45, 2.75) is 6.54 Å². The smallest absolute Gasteiger partial charge is 0.373 e. The van der Waals surface area contributed by atoms with Gasteiger partial charge in [0.2, 0.25) is 11.6 Å². The lowest BCUT2D eigenvalue weighted by molar-refractivity contribution is -0.385. The molecule has 1 fully saturated rings. The molecule has 1 aromatic carbocycles. The van der Waals surface area contributed by atoms with Gasteiger partial charge in [0.05, 0.1) is 23.6 Å². The highest BCUT2D eigenvalue weighted by Crippen LogP contribution is 2.31. The fraction of sp³-hybridized carbons (Fsp3) is 0.0909. The van der Waals surface area contributed by atoms with Crippen LogP contribution in [0, 0.1) is 10.1 Å². The second-order valence-electron chi connectivity index (χ2n) is 7.04. The minimum absolute atomic E-state index is 0.0107. The number of urea groups is 1. The van der Waals surface area contributed by atoms with Crippen molar-refractivity contribution in [1.82, 2.24) is 15.2 Å². The monoisotopic (exact) mass is 498 g/mol. The molecule has 13 heteroatoms. The number of furan rings is 1. The van der Waals surface area contributed by atoms with E-state index in [1.54, 1.807) is 6.07 Å². The van der Waals surface area contributed by atoms with E-state index >= 15 is 0 Å². The van der Waals surface area contributed by atoms with E-state index in [-0.39, 0.29) is 46.1 Å². The SMILES string of the molecule is COC(=O)c1ccc(CN2C(=O)N/C(=C\c3ccc(Oc4ccc([N+](=O)[O-])cn4)c(Cl)c3)C2=O)o1. The van der Waals surface area contributed by atoms with Crippen molar-refractivity contribution in [3.63, 3.8) is 0 Å². The quantitative estimate of drug-likeness (QED) is 0.168. The molecule has 4 rings (SSSR count). The van der Waals surface area contributed by atoms with E-state index in [9.17, 15) is 24.5 Å². The number of amides is 3. The lowest BCUT2D eigenvalue weighted by Gasteiger charge is -2.09. The number of methoxy groups -OCH3 is 1. The second-order valence-corrected chi connectivity index (χ2v) is 7.45. The predicted molar refractivity (Wildman–Crippen MR) is 120 cm³/mol. The third kappa shape index (κ3) is 5.12. The average molecular weight is 499 g/mol. The van der Waals surface area contributed by atoms with Crippen LogP contribution in [-0.4, -0.2) is 39.8 Å². The standard InChI is InChI=1S/C22H15ClN4O8/c1-33-21(29)18-6-4-14(34-18)11-26-20(28)16(25-22(26)30)9-12-2-5-17(15(23)8-12)35-19-7-3-13(10-24-19)27(31)32/h2-10H,11H2,1H3,(H,25,30)/b16-9-. The van der Waals surface area contributed by atoms with Crippen LogP contribution in [0.4, 0.5) is 10.5 Å². The number of carbonyl (C=O) groups is 3. The number of halogens is 1. The Morgan fingerprint density at radius 3 is 2.71 bits per heavy atom. The van der Waals surface area contributed by atoms with Crippen molar-refractivity contribution < 1.29 is 33.2 Å². The number of carbonyl (C=O) groups excluding carboxylic acids is 3. The summed E-state index contributed by atoms with van der Waals surface area (Å²) in [5.74, 6) is -0.769. The van der Waals surface area contributed by atoms with Gasteiger partial charge >= 0.3 is 12.0 Å². The Kier molecular flexibility index (Phi) is 6.46. The Bertz CT molecular complexity index is 1370. The molecule has 0 bridgehead atoms. The van der Waals surface area contributed by atoms with Crippen LogP contribution in [0.25, 0.3) is 6.08 Å². The largest absolute Gasteiger partial charge is 0.463 e. The van der Waals surface area contributed by atoms with E-state index in [0.29, 0.717) is 5.56 Å². The lowest BCUT2D eigenvalue weighted by Crippen LogP contribution is -2.30. The molecule has 2 aromatic heterocycles. The van der Waals surface area contributed by atoms with Gasteiger partial charge in [-0.05, 0) is 35.9 Å². The number of rotatable bonds is 7. The highest BCUT2D eigenvalue weighted by molar-refractivity contribution is 6.32. The van der Waals surface area contributed by atoms with Crippen molar-refractivity contribution in [2.24, 2.45) is 0 Å². The number of nitro groups is 1. The average Bonchev–Trinajstić information content (AvgIpc) is 3.41. The van der Waals surface area contributed by atoms with Crippen LogP contribution in [0.3, 0.4) is 0 Å². The van der Waals surface area contributed by atoms with Crippen LogP contribution < -0.4 is 10.1 Å². The number of aromatic nitrogens is 1. The number of ether oxygens (including phenoxy) is 2. The van der Waals surface area contributed by atoms with E-state index in [0.717, 1.165) is 11.1 Å². The van der Waals surface area contributed by atoms with Gasteiger partial charge in [0.25, 0.3) is 11.6 Å². The van der Waals surface area contributed by atoms with E-state index in [4.69, 9.17) is 20.8 Å². The van der Waals surface area contributed by atoms with Gasteiger partial charge in [0.15, 0.2) is 0 Å². The summed E-state index contributed by atoms with van der Waals surface area (Å²) in [5.41, 5.74) is 0.325. The predicted octanol–water partition coefficient (Wildman–Crippen LogP) is 3.91. The van der Waals surface area contributed by atoms with Gasteiger partial charge in [-0.1, -0.05) is 17.7 Å². The number of esters is 1. The van der Waals surface area contributed by atoms with E-state index < -0.39 is 22.8 Å². The lowest BCUT2D eigenvalue weighted by atomic mass is 10.2. The van der Waals surface area contributed by atoms with Gasteiger partial charge in [-0.15, -0.1) is 0 Å². The molecule has 35 heavy (non-hydrogen) atoms. The van der Waals surface area contributed by atoms with Crippen LogP contribution in [0.15, 0.2) is 58.8 Å². The van der Waals surface area contributed by atoms with Crippen LogP contribution in [0.1, 0.15) is 21.9 Å². The van der Waals surface area contributed by atoms with Crippen LogP contribution in [0.2, 0.25) is 5.02 Å². The maximum Gasteiger partial charge on any atom is 0.373 e. The highest BCUT2D eigenvalue weighted by atomic mass is 35.5. The first-order chi connectivity index (χ1) is 16.7. The van der Waals surface area contributed by atoms with E-state index in [2.05, 4.69) is 15.0 Å². The summed E-state index contributed by atoms with van der Waals surface area (Å²) in [5, 5.41) is 13.4. The van der Waals surface area contributed by atoms with E-state index in [1.165, 1.54) is 49.6 Å². The Balaban J connectivity index is 1.46. The molecule has 3 heterocycles. The minimum atomic E-state index is -0.678. The molecule has 0 saturated carbocycles. The molecule has 0 atom stereocenters. The van der Waals surface area contributed by atoms with Crippen molar-refractivity contribution in [2.75, 3.05) is 7.11 Å². The molecular formula is C22H15ClN4O8. The summed E-state index contributed by atoms with van der Waals surface area (Å²) in [6.45, 7) is -0.186. The van der Waals surface area contributed by atoms with Gasteiger partial charge in [0.1, 0.15) is 23.4 Å². The van der Waals surface area contributed by atoms with Crippen LogP contribution in [-0.2, 0) is 16.1 Å². The first-order valence-corrected chi connectivity index (χ1v) is 10.2. The van der Waals surface area contributed by atoms with Crippen molar-refractivity contribution in [3.8, 4) is 11.6 Å². The Labute approximate surface area is 201 Å². The first kappa shape index (κ1) is 23.4. The zero-order chi connectivity index (χ0) is 25.1. The van der Waals surface area contributed by atoms with Crippen LogP contribution in [0.5, 0.6) is 11.6 Å². The Morgan fingerprint density at radius 1 is 1.26 bits per heavy atom. The van der Waals surface area contributed by atoms with Crippen molar-refractivity contribution in [1.29, 1.82) is 0 Å². The molecule has 12 nitrogen and oxygen atoms in total. The fourth-order valence-corrected chi connectivity index (χ4v) is 3.28. The third-order valence-corrected chi connectivity index (χ3v) is 5.03. The molecule has 0 unspecified atom stereocenters. The minimum Gasteiger partial charge on any atom is -0.463 e. The van der Waals surface area contributed by atoms with Gasteiger partial charge in [0, 0.05) is 12.1 Å². The number of nitrogens with one attached hydrogen (secondary N) is 1. The number of pyridine rings is 1. The number of imide groups is 1. The molecule has 3 amide bonds. The molecule has 1 saturated heterocycles. The molecule has 0 spiro atoms. The second kappa shape index (κ2) is 9.65. The Morgan fingerprint density at radius 2 is 2.06 bits per heavy atom. The molecule has 1 N–H and O–H groups in total. The zero-order valence-corrected chi connectivity index (χ0v) is 18.6. The fourth-order valence-electron chi connectivity index (χ4n) is 3.05. The molecular weight excluding hydrogens is 484 g/mol. The number of benzene rings is 1. The molecule has 0 radical (unpaired) electrons. The number of nitrogens with zero attached hydrogens (tertiary/aromatic N) is 3. The maximum absolute atomic E-state index is 12.7. The highest BCUT2D eigenvalue weighted by Gasteiger charge is 2.34. The van der Waals surface area contributed by atoms with Crippen LogP contribution >= 0.6 is 11.6 Å². The molecule has 1 aliphatic heterocycles. The summed E-state index contributed by atoms with van der Waals surface area (Å²) >= 11 is 6.26. The van der Waals surface area contributed by atoms with Crippen molar-refractivity contribution >= 4 is 41.3 Å². The van der Waals surface area contributed by atoms with Crippen molar-refractivity contribution in [3.05, 3.63) is 86.6 Å². The summed E-state index contributed by atoms with van der Waals surface area (Å²) in [4.78, 5) is 51.4. The zero-order valence-electron chi connectivity index (χ0n) is 17.9. The topological polar surface area (TPSA) is 154 Å². The molecule has 0 aliphatic carbocycles. The van der Waals surface area contributed by atoms with Gasteiger partial charge in [-0.25, -0.2) is 14.6 Å². The number of hydrogen-bond donors (Lipinski definition) is 1. The van der Waals surface area contributed by atoms with Gasteiger partial charge in [-0.3, -0.25) is 19.8 Å². The summed E-state index contributed by atoms with van der Waals surface area (Å²) in [6, 6.07) is 9.39. The summed E-state index contributed by atoms with van der Waals surface area (Å²) in [6.07, 6.45) is 2.49. The maximum atomic E-state index is 12.7. The Hall–Kier alpha value is -4.71. The molecule has 1 aliphatic rings. The summed E-state index contributed by atoms with van der Waals surface area (Å²) < 4.78 is 15.4. The van der Waals surface area contributed by atoms with Gasteiger partial charge < -0.3 is 19.2 Å².